The molecule has 0 aliphatic rings. The van der Waals surface area contributed by atoms with Gasteiger partial charge in [0, 0.05) is 31.1 Å². The lowest BCUT2D eigenvalue weighted by atomic mass is 10.0. The molecule has 154 valence electrons. The zero-order valence-electron chi connectivity index (χ0n) is 17.9. The van der Waals surface area contributed by atoms with Crippen LogP contribution in [0.25, 0.3) is 4.85 Å². The summed E-state index contributed by atoms with van der Waals surface area (Å²) in [4.78, 5) is 18.5. The molecule has 4 heteroatoms. The Morgan fingerprint density at radius 2 is 1.61 bits per heavy atom. The number of benzene rings is 3. The quantitative estimate of drug-likeness (QED) is 0.343. The number of carbonyl (C=O) groups excluding carboxylic acids is 1. The van der Waals surface area contributed by atoms with Gasteiger partial charge >= 0.3 is 0 Å². The first-order valence-electron chi connectivity index (χ1n) is 10.3. The van der Waals surface area contributed by atoms with Crippen LogP contribution >= 0.6 is 0 Å². The second kappa shape index (κ2) is 10.3. The van der Waals surface area contributed by atoms with E-state index in [9.17, 15) is 4.79 Å². The summed E-state index contributed by atoms with van der Waals surface area (Å²) in [6, 6.07) is 25.2. The number of carbonyl (C=O) groups is 1. The van der Waals surface area contributed by atoms with E-state index < -0.39 is 0 Å². The van der Waals surface area contributed by atoms with Crippen LogP contribution < -0.4 is 0 Å². The first kappa shape index (κ1) is 22.0. The van der Waals surface area contributed by atoms with Crippen LogP contribution in [-0.4, -0.2) is 16.7 Å². The van der Waals surface area contributed by atoms with Crippen molar-refractivity contribution in [1.29, 1.82) is 5.26 Å². The minimum atomic E-state index is 0.0700. The number of nitrogens with zero attached hydrogens (tertiary/aromatic N) is 3. The van der Waals surface area contributed by atoms with Crippen LogP contribution in [0.4, 0.5) is 5.69 Å². The molecule has 3 aromatic carbocycles. The molecule has 0 bridgehead atoms. The van der Waals surface area contributed by atoms with E-state index in [1.807, 2.05) is 54.6 Å². The fourth-order valence-corrected chi connectivity index (χ4v) is 3.39. The first-order valence-corrected chi connectivity index (χ1v) is 10.3. The zero-order chi connectivity index (χ0) is 22.2. The predicted molar refractivity (Wildman–Crippen MR) is 123 cm³/mol. The molecule has 0 aromatic heterocycles. The Kier molecular flexibility index (Phi) is 7.33. The molecule has 0 saturated carbocycles. The van der Waals surface area contributed by atoms with Crippen molar-refractivity contribution in [2.75, 3.05) is 0 Å². The average molecular weight is 408 g/mol. The van der Waals surface area contributed by atoms with Gasteiger partial charge in [-0.25, -0.2) is 4.85 Å². The van der Waals surface area contributed by atoms with Gasteiger partial charge in [0.15, 0.2) is 11.5 Å². The third kappa shape index (κ3) is 6.12. The molecule has 0 radical (unpaired) electrons. The fraction of sp³-hybridized carbons (Fsp3) is 0.222. The maximum atomic E-state index is 12.8. The van der Waals surface area contributed by atoms with Crippen LogP contribution in [0.2, 0.25) is 0 Å². The minimum absolute atomic E-state index is 0.0700. The van der Waals surface area contributed by atoms with Crippen molar-refractivity contribution in [3.63, 3.8) is 0 Å². The Labute approximate surface area is 184 Å². The SMILES string of the molecule is [C-]#[N+]c1ccc(CC(=O)c2cccc(CN(Cc3ccc(C#N)cc3)C(C)C)c2)cc1. The topological polar surface area (TPSA) is 48.5 Å². The molecular weight excluding hydrogens is 382 g/mol. The normalized spacial score (nSPS) is 10.6. The van der Waals surface area contributed by atoms with E-state index in [4.69, 9.17) is 11.8 Å². The smallest absolute Gasteiger partial charge is 0.187 e. The number of hydrogen-bond donors (Lipinski definition) is 0. The van der Waals surface area contributed by atoms with E-state index >= 15 is 0 Å². The van der Waals surface area contributed by atoms with Crippen molar-refractivity contribution >= 4 is 11.5 Å². The van der Waals surface area contributed by atoms with E-state index in [1.54, 1.807) is 12.1 Å². The summed E-state index contributed by atoms with van der Waals surface area (Å²) < 4.78 is 0. The van der Waals surface area contributed by atoms with Gasteiger partial charge < -0.3 is 0 Å². The molecule has 0 unspecified atom stereocenters. The first-order chi connectivity index (χ1) is 15.0. The van der Waals surface area contributed by atoms with Crippen molar-refractivity contribution in [3.8, 4) is 6.07 Å². The minimum Gasteiger partial charge on any atom is -0.294 e. The third-order valence-corrected chi connectivity index (χ3v) is 5.26. The van der Waals surface area contributed by atoms with Crippen LogP contribution in [0.1, 0.15) is 46.5 Å². The van der Waals surface area contributed by atoms with Gasteiger partial charge in [-0.1, -0.05) is 54.6 Å². The van der Waals surface area contributed by atoms with E-state index in [0.717, 1.165) is 29.8 Å². The molecule has 0 heterocycles. The average Bonchev–Trinajstić information content (AvgIpc) is 2.79. The lowest BCUT2D eigenvalue weighted by molar-refractivity contribution is 0.0992. The standard InChI is InChI=1S/C27H25N3O/c1-20(2)30(18-23-9-7-22(17-28)8-10-23)19-24-5-4-6-25(15-24)27(31)16-21-11-13-26(29-3)14-12-21/h4-15,20H,16,18-19H2,1-2H3. The highest BCUT2D eigenvalue weighted by Gasteiger charge is 2.13. The summed E-state index contributed by atoms with van der Waals surface area (Å²) in [6.45, 7) is 12.9. The van der Waals surface area contributed by atoms with Gasteiger partial charge in [-0.2, -0.15) is 5.26 Å². The van der Waals surface area contributed by atoms with E-state index in [0.29, 0.717) is 29.3 Å². The Balaban J connectivity index is 1.70. The van der Waals surface area contributed by atoms with Crippen molar-refractivity contribution in [2.45, 2.75) is 39.4 Å². The molecule has 0 spiro atoms. The maximum Gasteiger partial charge on any atom is 0.187 e. The van der Waals surface area contributed by atoms with Crippen molar-refractivity contribution in [1.82, 2.24) is 4.90 Å². The highest BCUT2D eigenvalue weighted by atomic mass is 16.1. The summed E-state index contributed by atoms with van der Waals surface area (Å²) in [5.74, 6) is 0.0700. The lowest BCUT2D eigenvalue weighted by Crippen LogP contribution is -2.29. The molecule has 3 rings (SSSR count). The summed E-state index contributed by atoms with van der Waals surface area (Å²) in [5, 5.41) is 8.98. The van der Waals surface area contributed by atoms with Gasteiger partial charge in [-0.15, -0.1) is 0 Å². The molecule has 0 aliphatic heterocycles. The molecule has 0 atom stereocenters. The monoisotopic (exact) mass is 407 g/mol. The van der Waals surface area contributed by atoms with Gasteiger partial charge in [0.05, 0.1) is 18.2 Å². The van der Waals surface area contributed by atoms with Gasteiger partial charge in [0.1, 0.15) is 0 Å². The van der Waals surface area contributed by atoms with Gasteiger partial charge in [-0.05, 0) is 48.7 Å². The van der Waals surface area contributed by atoms with E-state index in [-0.39, 0.29) is 5.78 Å². The molecule has 0 fully saturated rings. The Bertz CT molecular complexity index is 1120. The van der Waals surface area contributed by atoms with Crippen molar-refractivity contribution < 1.29 is 4.79 Å². The zero-order valence-corrected chi connectivity index (χ0v) is 17.9. The second-order valence-electron chi connectivity index (χ2n) is 7.89. The highest BCUT2D eigenvalue weighted by molar-refractivity contribution is 5.97. The summed E-state index contributed by atoms with van der Waals surface area (Å²) >= 11 is 0. The molecule has 0 amide bonds. The van der Waals surface area contributed by atoms with Crippen LogP contribution in [0.5, 0.6) is 0 Å². The number of Topliss-reactive ketones (excluding diaryl/α,β-unsaturated/α-hetero) is 1. The van der Waals surface area contributed by atoms with Gasteiger partial charge in [-0.3, -0.25) is 9.69 Å². The summed E-state index contributed by atoms with van der Waals surface area (Å²) in [6.07, 6.45) is 0.320. The summed E-state index contributed by atoms with van der Waals surface area (Å²) in [5.41, 5.74) is 5.10. The molecule has 31 heavy (non-hydrogen) atoms. The number of ketones is 1. The van der Waals surface area contributed by atoms with Crippen molar-refractivity contribution in [2.24, 2.45) is 0 Å². The van der Waals surface area contributed by atoms with Crippen LogP contribution in [-0.2, 0) is 19.5 Å². The van der Waals surface area contributed by atoms with Gasteiger partial charge in [0.2, 0.25) is 0 Å². The van der Waals surface area contributed by atoms with E-state index in [2.05, 4.69) is 35.7 Å². The Hall–Kier alpha value is -3.73. The molecule has 0 N–H and O–H groups in total. The van der Waals surface area contributed by atoms with Gasteiger partial charge in [0.25, 0.3) is 0 Å². The Morgan fingerprint density at radius 3 is 2.23 bits per heavy atom. The molecule has 3 aromatic rings. The maximum absolute atomic E-state index is 12.8. The predicted octanol–water partition coefficient (Wildman–Crippen LogP) is 5.95. The highest BCUT2D eigenvalue weighted by Crippen LogP contribution is 2.18. The second-order valence-corrected chi connectivity index (χ2v) is 7.89. The van der Waals surface area contributed by atoms with Crippen LogP contribution in [0.15, 0.2) is 72.8 Å². The van der Waals surface area contributed by atoms with Crippen molar-refractivity contribution in [3.05, 3.63) is 112 Å². The molecular formula is C27H25N3O. The Morgan fingerprint density at radius 1 is 0.968 bits per heavy atom. The van der Waals surface area contributed by atoms with E-state index in [1.165, 1.54) is 0 Å². The lowest BCUT2D eigenvalue weighted by Gasteiger charge is -2.27. The summed E-state index contributed by atoms with van der Waals surface area (Å²) in [7, 11) is 0. The van der Waals surface area contributed by atoms with Crippen LogP contribution in [0.3, 0.4) is 0 Å². The fourth-order valence-electron chi connectivity index (χ4n) is 3.39. The number of rotatable bonds is 8. The van der Waals surface area contributed by atoms with Crippen LogP contribution in [0, 0.1) is 17.9 Å². The largest absolute Gasteiger partial charge is 0.294 e. The number of nitriles is 1. The third-order valence-electron chi connectivity index (χ3n) is 5.26. The molecule has 0 aliphatic carbocycles. The molecule has 0 saturated heterocycles. The number of hydrogen-bond acceptors (Lipinski definition) is 3. The molecule has 4 nitrogen and oxygen atoms in total.